The molecule has 0 saturated heterocycles. The van der Waals surface area contributed by atoms with E-state index in [-0.39, 0.29) is 12.5 Å². The molecule has 7 heteroatoms. The van der Waals surface area contributed by atoms with Crippen LogP contribution in [0.3, 0.4) is 0 Å². The molecule has 0 aliphatic heterocycles. The summed E-state index contributed by atoms with van der Waals surface area (Å²) in [5, 5.41) is 6.32. The Kier molecular flexibility index (Phi) is 5.79. The summed E-state index contributed by atoms with van der Waals surface area (Å²) >= 11 is 3.33. The van der Waals surface area contributed by atoms with E-state index in [0.717, 1.165) is 10.0 Å². The molecular formula is C15H13BrN4O2. The highest BCUT2D eigenvalue weighted by Gasteiger charge is 2.06. The minimum absolute atomic E-state index is 0.154. The number of carbonyl (C=O) groups is 2. The van der Waals surface area contributed by atoms with Crippen LogP contribution in [0.15, 0.2) is 58.4 Å². The summed E-state index contributed by atoms with van der Waals surface area (Å²) < 4.78 is 0.965. The first kappa shape index (κ1) is 15.8. The van der Waals surface area contributed by atoms with Crippen LogP contribution < -0.4 is 10.7 Å². The second-order valence-electron chi connectivity index (χ2n) is 4.26. The Balaban J connectivity index is 1.76. The van der Waals surface area contributed by atoms with Crippen molar-refractivity contribution in [2.45, 2.75) is 0 Å². The number of amides is 2. The zero-order chi connectivity index (χ0) is 15.8. The van der Waals surface area contributed by atoms with Crippen molar-refractivity contribution in [1.29, 1.82) is 0 Å². The largest absolute Gasteiger partial charge is 0.343 e. The molecule has 0 saturated carbocycles. The normalized spacial score (nSPS) is 10.4. The number of rotatable bonds is 5. The van der Waals surface area contributed by atoms with Crippen LogP contribution in [0.5, 0.6) is 0 Å². The Bertz CT molecular complexity index is 672. The van der Waals surface area contributed by atoms with Gasteiger partial charge in [0.1, 0.15) is 0 Å². The minimum Gasteiger partial charge on any atom is -0.343 e. The van der Waals surface area contributed by atoms with Gasteiger partial charge in [0.2, 0.25) is 0 Å². The smallest absolute Gasteiger partial charge is 0.259 e. The van der Waals surface area contributed by atoms with Crippen LogP contribution in [0.2, 0.25) is 0 Å². The monoisotopic (exact) mass is 360 g/mol. The molecule has 0 fully saturated rings. The summed E-state index contributed by atoms with van der Waals surface area (Å²) in [7, 11) is 0. The van der Waals surface area contributed by atoms with Crippen LogP contribution in [-0.4, -0.2) is 29.6 Å². The highest BCUT2D eigenvalue weighted by molar-refractivity contribution is 9.10. The van der Waals surface area contributed by atoms with E-state index in [1.165, 1.54) is 18.6 Å². The molecule has 0 radical (unpaired) electrons. The second kappa shape index (κ2) is 8.04. The molecule has 0 atom stereocenters. The Morgan fingerprint density at radius 3 is 2.50 bits per heavy atom. The Labute approximate surface area is 135 Å². The van der Waals surface area contributed by atoms with Crippen LogP contribution in [0.1, 0.15) is 15.9 Å². The van der Waals surface area contributed by atoms with Crippen molar-refractivity contribution in [2.75, 3.05) is 6.54 Å². The molecule has 22 heavy (non-hydrogen) atoms. The number of carbonyl (C=O) groups excluding carboxylic acids is 2. The zero-order valence-electron chi connectivity index (χ0n) is 11.5. The lowest BCUT2D eigenvalue weighted by Crippen LogP contribution is -2.34. The topological polar surface area (TPSA) is 83.5 Å². The van der Waals surface area contributed by atoms with E-state index in [1.54, 1.807) is 12.1 Å². The first-order valence-electron chi connectivity index (χ1n) is 6.41. The number of benzene rings is 1. The minimum atomic E-state index is -0.407. The van der Waals surface area contributed by atoms with Gasteiger partial charge in [-0.1, -0.05) is 28.1 Å². The third-order valence-corrected chi connectivity index (χ3v) is 3.15. The summed E-state index contributed by atoms with van der Waals surface area (Å²) in [5.74, 6) is -0.745. The summed E-state index contributed by atoms with van der Waals surface area (Å²) in [6, 6.07) is 10.6. The lowest BCUT2D eigenvalue weighted by Gasteiger charge is -2.03. The van der Waals surface area contributed by atoms with E-state index >= 15 is 0 Å². The number of halogens is 1. The van der Waals surface area contributed by atoms with E-state index < -0.39 is 5.91 Å². The molecule has 0 bridgehead atoms. The van der Waals surface area contributed by atoms with E-state index in [2.05, 4.69) is 36.8 Å². The summed E-state index contributed by atoms with van der Waals surface area (Å²) in [5.41, 5.74) is 3.64. The average molecular weight is 361 g/mol. The number of hydrogen-bond donors (Lipinski definition) is 2. The SMILES string of the molecule is O=C(CNC(=O)c1ccncc1)N/N=C\c1ccc(Br)cc1. The number of pyridine rings is 1. The molecule has 6 nitrogen and oxygen atoms in total. The molecule has 1 aromatic carbocycles. The van der Waals surface area contributed by atoms with Crippen molar-refractivity contribution in [1.82, 2.24) is 15.7 Å². The zero-order valence-corrected chi connectivity index (χ0v) is 13.1. The lowest BCUT2D eigenvalue weighted by atomic mass is 10.2. The first-order valence-corrected chi connectivity index (χ1v) is 7.20. The quantitative estimate of drug-likeness (QED) is 0.628. The van der Waals surface area contributed by atoms with E-state index in [0.29, 0.717) is 5.56 Å². The third kappa shape index (κ3) is 5.10. The highest BCUT2D eigenvalue weighted by Crippen LogP contribution is 2.08. The van der Waals surface area contributed by atoms with Gasteiger partial charge in [0.25, 0.3) is 11.8 Å². The maximum absolute atomic E-state index is 11.7. The summed E-state index contributed by atoms with van der Waals surface area (Å²) in [4.78, 5) is 27.1. The molecular weight excluding hydrogens is 348 g/mol. The van der Waals surface area contributed by atoms with Gasteiger partial charge in [0.05, 0.1) is 12.8 Å². The van der Waals surface area contributed by atoms with Crippen molar-refractivity contribution < 1.29 is 9.59 Å². The van der Waals surface area contributed by atoms with Crippen molar-refractivity contribution in [2.24, 2.45) is 5.10 Å². The Hall–Kier alpha value is -2.54. The van der Waals surface area contributed by atoms with E-state index in [9.17, 15) is 9.59 Å². The first-order chi connectivity index (χ1) is 10.6. The van der Waals surface area contributed by atoms with E-state index in [4.69, 9.17) is 0 Å². The number of hydrazone groups is 1. The van der Waals surface area contributed by atoms with Crippen molar-refractivity contribution in [3.63, 3.8) is 0 Å². The molecule has 2 aromatic rings. The highest BCUT2D eigenvalue weighted by atomic mass is 79.9. The van der Waals surface area contributed by atoms with Crippen LogP contribution in [0.25, 0.3) is 0 Å². The Morgan fingerprint density at radius 2 is 1.82 bits per heavy atom. The third-order valence-electron chi connectivity index (χ3n) is 2.62. The average Bonchev–Trinajstić information content (AvgIpc) is 2.55. The number of aromatic nitrogens is 1. The van der Waals surface area contributed by atoms with Crippen LogP contribution in [0.4, 0.5) is 0 Å². The second-order valence-corrected chi connectivity index (χ2v) is 5.18. The van der Waals surface area contributed by atoms with Gasteiger partial charge in [-0.25, -0.2) is 5.43 Å². The van der Waals surface area contributed by atoms with Gasteiger partial charge in [0, 0.05) is 22.4 Å². The van der Waals surface area contributed by atoms with Crippen LogP contribution in [-0.2, 0) is 4.79 Å². The molecule has 0 spiro atoms. The van der Waals surface area contributed by atoms with Gasteiger partial charge >= 0.3 is 0 Å². The molecule has 1 heterocycles. The predicted octanol–water partition coefficient (Wildman–Crippen LogP) is 1.72. The lowest BCUT2D eigenvalue weighted by molar-refractivity contribution is -0.120. The van der Waals surface area contributed by atoms with Crippen molar-refractivity contribution in [3.05, 3.63) is 64.4 Å². The van der Waals surface area contributed by atoms with Gasteiger partial charge < -0.3 is 5.32 Å². The van der Waals surface area contributed by atoms with Gasteiger partial charge in [0.15, 0.2) is 0 Å². The molecule has 0 aliphatic carbocycles. The molecule has 112 valence electrons. The fraction of sp³-hybridized carbons (Fsp3) is 0.0667. The Morgan fingerprint density at radius 1 is 1.14 bits per heavy atom. The molecule has 1 aromatic heterocycles. The van der Waals surface area contributed by atoms with Crippen molar-refractivity contribution in [3.8, 4) is 0 Å². The fourth-order valence-corrected chi connectivity index (χ4v) is 1.80. The fourth-order valence-electron chi connectivity index (χ4n) is 1.53. The number of nitrogens with one attached hydrogen (secondary N) is 2. The van der Waals surface area contributed by atoms with Crippen LogP contribution in [0, 0.1) is 0 Å². The molecule has 2 rings (SSSR count). The van der Waals surface area contributed by atoms with E-state index in [1.807, 2.05) is 24.3 Å². The summed E-state index contributed by atoms with van der Waals surface area (Å²) in [6.45, 7) is -0.154. The van der Waals surface area contributed by atoms with Crippen molar-refractivity contribution >= 4 is 34.0 Å². The van der Waals surface area contributed by atoms with Gasteiger partial charge in [-0.15, -0.1) is 0 Å². The van der Waals surface area contributed by atoms with Gasteiger partial charge in [-0.2, -0.15) is 5.10 Å². The van der Waals surface area contributed by atoms with Gasteiger partial charge in [-0.05, 0) is 29.8 Å². The number of hydrogen-bond acceptors (Lipinski definition) is 4. The van der Waals surface area contributed by atoms with Crippen LogP contribution >= 0.6 is 15.9 Å². The van der Waals surface area contributed by atoms with Gasteiger partial charge in [-0.3, -0.25) is 14.6 Å². The molecule has 2 amide bonds. The maximum atomic E-state index is 11.7. The number of nitrogens with zero attached hydrogens (tertiary/aromatic N) is 2. The summed E-state index contributed by atoms with van der Waals surface area (Å²) in [6.07, 6.45) is 4.55. The molecule has 0 aliphatic rings. The standard InChI is InChI=1S/C15H13BrN4O2/c16-13-3-1-11(2-4-13)9-19-20-14(21)10-18-15(22)12-5-7-17-8-6-12/h1-9H,10H2,(H,18,22)(H,20,21)/b19-9-. The predicted molar refractivity (Wildman–Crippen MR) is 86.4 cm³/mol. The maximum Gasteiger partial charge on any atom is 0.259 e. The molecule has 2 N–H and O–H groups in total. The molecule has 0 unspecified atom stereocenters.